The Hall–Kier alpha value is -0.310. The third kappa shape index (κ3) is 0.571. The van der Waals surface area contributed by atoms with E-state index in [4.69, 9.17) is 0 Å². The van der Waals surface area contributed by atoms with Crippen molar-refractivity contribution in [1.29, 1.82) is 0 Å². The molecule has 2 nitrogen and oxygen atoms in total. The van der Waals surface area contributed by atoms with Gasteiger partial charge in [0, 0.05) is 0 Å². The summed E-state index contributed by atoms with van der Waals surface area (Å²) < 4.78 is 22.5. The summed E-state index contributed by atoms with van der Waals surface area (Å²) in [5.74, 6) is 1.94. The molecule has 0 aromatic heterocycles. The van der Waals surface area contributed by atoms with Crippen LogP contribution in [-0.4, -0.2) is 19.4 Å². The minimum Gasteiger partial charge on any atom is -0.229 e. The van der Waals surface area contributed by atoms with Crippen LogP contribution in [0.2, 0.25) is 0 Å². The molecule has 4 atom stereocenters. The Kier molecular flexibility index (Phi) is 0.881. The molecule has 0 amide bonds. The predicted molar refractivity (Wildman–Crippen MR) is 41.8 cm³/mol. The Balaban J connectivity index is 2.09. The molecule has 60 valence electrons. The minimum atomic E-state index is -2.64. The fraction of sp³-hybridized carbons (Fsp3) is 0.750. The molecule has 0 N–H and O–H groups in total. The quantitative estimate of drug-likeness (QED) is 0.499. The van der Waals surface area contributed by atoms with Gasteiger partial charge in [-0.3, -0.25) is 0 Å². The molecule has 0 spiro atoms. The average Bonchev–Trinajstić information content (AvgIpc) is 2.41. The molecule has 2 bridgehead atoms. The van der Waals surface area contributed by atoms with Gasteiger partial charge in [0.2, 0.25) is 0 Å². The topological polar surface area (TPSA) is 34.1 Å². The second-order valence-corrected chi connectivity index (χ2v) is 6.11. The standard InChI is InChI=1S/C8H10O2S/c9-11(10)4-7-5-1-2-6(3-5)8(7)11/h1-2,5-8H,3-4H2/t5-,6+,7-,8+/m0/s1. The highest BCUT2D eigenvalue weighted by Crippen LogP contribution is 2.53. The fourth-order valence-corrected chi connectivity index (χ4v) is 5.31. The monoisotopic (exact) mass is 170 g/mol. The summed E-state index contributed by atoms with van der Waals surface area (Å²) in [5, 5.41) is 0.0255. The summed E-state index contributed by atoms with van der Waals surface area (Å²) in [5.41, 5.74) is 0. The van der Waals surface area contributed by atoms with Crippen LogP contribution in [0.25, 0.3) is 0 Å². The number of sulfone groups is 1. The molecule has 1 saturated heterocycles. The van der Waals surface area contributed by atoms with Crippen molar-refractivity contribution in [3.05, 3.63) is 12.2 Å². The SMILES string of the molecule is O=S1(=O)C[C@@H]2[C@H]1[C@@H]1C=C[C@H]2C1. The lowest BCUT2D eigenvalue weighted by atomic mass is 9.94. The predicted octanol–water partition coefficient (Wildman–Crippen LogP) is 0.606. The molecule has 2 fully saturated rings. The molecule has 3 heteroatoms. The zero-order chi connectivity index (χ0) is 7.64. The maximum atomic E-state index is 11.3. The van der Waals surface area contributed by atoms with Crippen molar-refractivity contribution >= 4 is 9.84 Å². The first-order valence-electron chi connectivity index (χ1n) is 4.08. The Morgan fingerprint density at radius 1 is 1.18 bits per heavy atom. The van der Waals surface area contributed by atoms with Crippen molar-refractivity contribution in [1.82, 2.24) is 0 Å². The van der Waals surface area contributed by atoms with Gasteiger partial charge in [0.1, 0.15) is 0 Å². The first kappa shape index (κ1) is 6.23. The Bertz CT molecular complexity index is 328. The lowest BCUT2D eigenvalue weighted by Crippen LogP contribution is -2.49. The van der Waals surface area contributed by atoms with E-state index in [0.29, 0.717) is 23.5 Å². The van der Waals surface area contributed by atoms with E-state index >= 15 is 0 Å². The molecular formula is C8H10O2S. The number of rotatable bonds is 0. The molecule has 0 aromatic carbocycles. The zero-order valence-corrected chi connectivity index (χ0v) is 6.92. The second-order valence-electron chi connectivity index (χ2n) is 3.91. The highest BCUT2D eigenvalue weighted by Gasteiger charge is 2.58. The molecule has 0 unspecified atom stereocenters. The van der Waals surface area contributed by atoms with Gasteiger partial charge in [-0.05, 0) is 24.2 Å². The first-order valence-corrected chi connectivity index (χ1v) is 5.80. The second kappa shape index (κ2) is 1.56. The summed E-state index contributed by atoms with van der Waals surface area (Å²) in [4.78, 5) is 0. The maximum Gasteiger partial charge on any atom is 0.154 e. The van der Waals surface area contributed by atoms with E-state index in [0.717, 1.165) is 6.42 Å². The van der Waals surface area contributed by atoms with E-state index in [1.54, 1.807) is 0 Å². The van der Waals surface area contributed by atoms with Crippen molar-refractivity contribution < 1.29 is 8.42 Å². The van der Waals surface area contributed by atoms with Gasteiger partial charge in [0.25, 0.3) is 0 Å². The number of hydrogen-bond acceptors (Lipinski definition) is 2. The highest BCUT2D eigenvalue weighted by atomic mass is 32.2. The van der Waals surface area contributed by atoms with Crippen LogP contribution < -0.4 is 0 Å². The Morgan fingerprint density at radius 2 is 1.91 bits per heavy atom. The van der Waals surface area contributed by atoms with Crippen LogP contribution in [0.15, 0.2) is 12.2 Å². The van der Waals surface area contributed by atoms with Crippen LogP contribution in [0.3, 0.4) is 0 Å². The molecule has 1 heterocycles. The number of hydrogen-bond donors (Lipinski definition) is 0. The zero-order valence-electron chi connectivity index (χ0n) is 6.10. The van der Waals surface area contributed by atoms with Gasteiger partial charge in [-0.1, -0.05) is 12.2 Å². The molecule has 1 saturated carbocycles. The third-order valence-electron chi connectivity index (χ3n) is 3.38. The van der Waals surface area contributed by atoms with E-state index in [1.165, 1.54) is 0 Å². The van der Waals surface area contributed by atoms with Crippen LogP contribution in [-0.2, 0) is 9.84 Å². The van der Waals surface area contributed by atoms with Crippen LogP contribution in [0, 0.1) is 17.8 Å². The molecule has 1 aliphatic heterocycles. The van der Waals surface area contributed by atoms with Crippen LogP contribution in [0.4, 0.5) is 0 Å². The molecule has 3 aliphatic rings. The van der Waals surface area contributed by atoms with Gasteiger partial charge in [0.05, 0.1) is 11.0 Å². The first-order chi connectivity index (χ1) is 5.18. The lowest BCUT2D eigenvalue weighted by molar-refractivity contribution is 0.424. The Morgan fingerprint density at radius 3 is 2.45 bits per heavy atom. The number of fused-ring (bicyclic) bond motifs is 5. The van der Waals surface area contributed by atoms with E-state index in [-0.39, 0.29) is 5.25 Å². The minimum absolute atomic E-state index is 0.0255. The fourth-order valence-electron chi connectivity index (χ4n) is 2.89. The van der Waals surface area contributed by atoms with Crippen LogP contribution in [0.5, 0.6) is 0 Å². The van der Waals surface area contributed by atoms with Gasteiger partial charge in [-0.2, -0.15) is 0 Å². The summed E-state index contributed by atoms with van der Waals surface area (Å²) in [6.45, 7) is 0. The highest BCUT2D eigenvalue weighted by molar-refractivity contribution is 7.93. The van der Waals surface area contributed by atoms with Crippen molar-refractivity contribution in [2.45, 2.75) is 11.7 Å². The van der Waals surface area contributed by atoms with E-state index < -0.39 is 9.84 Å². The van der Waals surface area contributed by atoms with Crippen molar-refractivity contribution in [2.24, 2.45) is 17.8 Å². The summed E-state index contributed by atoms with van der Waals surface area (Å²) >= 11 is 0. The molecule has 11 heavy (non-hydrogen) atoms. The van der Waals surface area contributed by atoms with Gasteiger partial charge < -0.3 is 0 Å². The number of allylic oxidation sites excluding steroid dienone is 2. The molecule has 0 aromatic rings. The summed E-state index contributed by atoms with van der Waals surface area (Å²) in [6, 6.07) is 0. The van der Waals surface area contributed by atoms with Crippen LogP contribution >= 0.6 is 0 Å². The summed E-state index contributed by atoms with van der Waals surface area (Å²) in [7, 11) is -2.64. The van der Waals surface area contributed by atoms with E-state index in [1.807, 2.05) is 0 Å². The lowest BCUT2D eigenvalue weighted by Gasteiger charge is -2.36. The van der Waals surface area contributed by atoms with Gasteiger partial charge in [-0.25, -0.2) is 8.42 Å². The third-order valence-corrected chi connectivity index (χ3v) is 5.76. The van der Waals surface area contributed by atoms with Crippen molar-refractivity contribution in [3.8, 4) is 0 Å². The van der Waals surface area contributed by atoms with Crippen molar-refractivity contribution in [2.75, 3.05) is 5.75 Å². The molecule has 3 rings (SSSR count). The van der Waals surface area contributed by atoms with Crippen LogP contribution in [0.1, 0.15) is 6.42 Å². The average molecular weight is 170 g/mol. The molecule has 0 radical (unpaired) electrons. The summed E-state index contributed by atoms with van der Waals surface area (Å²) in [6.07, 6.45) is 5.41. The van der Waals surface area contributed by atoms with Crippen molar-refractivity contribution in [3.63, 3.8) is 0 Å². The smallest absolute Gasteiger partial charge is 0.154 e. The maximum absolute atomic E-state index is 11.3. The van der Waals surface area contributed by atoms with Gasteiger partial charge >= 0.3 is 0 Å². The molecule has 2 aliphatic carbocycles. The van der Waals surface area contributed by atoms with Gasteiger partial charge in [0.15, 0.2) is 9.84 Å². The van der Waals surface area contributed by atoms with Gasteiger partial charge in [-0.15, -0.1) is 0 Å². The Labute approximate surface area is 66.2 Å². The molecular weight excluding hydrogens is 160 g/mol. The normalized spacial score (nSPS) is 55.6. The largest absolute Gasteiger partial charge is 0.229 e. The van der Waals surface area contributed by atoms with E-state index in [2.05, 4.69) is 12.2 Å². The van der Waals surface area contributed by atoms with E-state index in [9.17, 15) is 8.42 Å².